The Balaban J connectivity index is 2.19. The van der Waals surface area contributed by atoms with Crippen LogP contribution < -0.4 is 14.8 Å². The highest BCUT2D eigenvalue weighted by molar-refractivity contribution is 9.10. The second-order valence-electron chi connectivity index (χ2n) is 5.04. The molecular formula is C17H20BrNO2. The van der Waals surface area contributed by atoms with Crippen molar-refractivity contribution in [2.24, 2.45) is 0 Å². The zero-order chi connectivity index (χ0) is 15.2. The fourth-order valence-corrected chi connectivity index (χ4v) is 2.31. The van der Waals surface area contributed by atoms with Crippen LogP contribution in [0.1, 0.15) is 19.4 Å². The normalized spacial score (nSPS) is 10.7. The van der Waals surface area contributed by atoms with Gasteiger partial charge in [-0.25, -0.2) is 0 Å². The molecule has 2 rings (SSSR count). The molecule has 0 spiro atoms. The van der Waals surface area contributed by atoms with Crippen molar-refractivity contribution in [1.82, 2.24) is 5.32 Å². The minimum Gasteiger partial charge on any atom is -0.497 e. The first-order chi connectivity index (χ1) is 10.1. The molecule has 2 aromatic carbocycles. The third kappa shape index (κ3) is 4.48. The molecule has 4 heteroatoms. The molecule has 3 nitrogen and oxygen atoms in total. The fraction of sp³-hybridized carbons (Fsp3) is 0.294. The van der Waals surface area contributed by atoms with E-state index in [2.05, 4.69) is 41.2 Å². The van der Waals surface area contributed by atoms with E-state index in [1.54, 1.807) is 7.11 Å². The lowest BCUT2D eigenvalue weighted by molar-refractivity contribution is 0.412. The van der Waals surface area contributed by atoms with Gasteiger partial charge in [0.05, 0.1) is 11.6 Å². The van der Waals surface area contributed by atoms with Crippen molar-refractivity contribution in [2.75, 3.05) is 7.11 Å². The minimum absolute atomic E-state index is 0.436. The molecule has 0 unspecified atom stereocenters. The number of benzene rings is 2. The first-order valence-corrected chi connectivity index (χ1v) is 7.72. The number of ether oxygens (including phenoxy) is 2. The molecule has 2 aromatic rings. The molecular weight excluding hydrogens is 330 g/mol. The van der Waals surface area contributed by atoms with Crippen molar-refractivity contribution >= 4 is 15.9 Å². The molecule has 0 aromatic heterocycles. The van der Waals surface area contributed by atoms with Crippen molar-refractivity contribution in [2.45, 2.75) is 26.4 Å². The third-order valence-electron chi connectivity index (χ3n) is 3.03. The maximum absolute atomic E-state index is 6.03. The number of para-hydroxylation sites is 1. The summed E-state index contributed by atoms with van der Waals surface area (Å²) in [7, 11) is 1.65. The molecule has 0 aliphatic heterocycles. The maximum atomic E-state index is 6.03. The van der Waals surface area contributed by atoms with Gasteiger partial charge in [-0.3, -0.25) is 0 Å². The molecule has 0 atom stereocenters. The van der Waals surface area contributed by atoms with Gasteiger partial charge in [-0.1, -0.05) is 32.0 Å². The summed E-state index contributed by atoms with van der Waals surface area (Å²) in [4.78, 5) is 0. The molecule has 0 saturated heterocycles. The van der Waals surface area contributed by atoms with E-state index < -0.39 is 0 Å². The zero-order valence-corrected chi connectivity index (χ0v) is 14.1. The second kappa shape index (κ2) is 7.48. The van der Waals surface area contributed by atoms with Crippen LogP contribution >= 0.6 is 15.9 Å². The van der Waals surface area contributed by atoms with E-state index in [4.69, 9.17) is 9.47 Å². The van der Waals surface area contributed by atoms with E-state index in [1.165, 1.54) is 0 Å². The van der Waals surface area contributed by atoms with Gasteiger partial charge in [0, 0.05) is 18.2 Å². The standard InChI is InChI=1S/C17H20BrNO2/c1-12(2)19-11-13-6-4-5-7-16(13)21-17-9-8-14(20-3)10-15(17)18/h4-10,12,19H,11H2,1-3H3. The first kappa shape index (κ1) is 15.9. The molecule has 0 fully saturated rings. The number of hydrogen-bond donors (Lipinski definition) is 1. The number of nitrogens with one attached hydrogen (secondary N) is 1. The van der Waals surface area contributed by atoms with Gasteiger partial charge in [-0.2, -0.15) is 0 Å². The van der Waals surface area contributed by atoms with Gasteiger partial charge >= 0.3 is 0 Å². The highest BCUT2D eigenvalue weighted by Crippen LogP contribution is 2.34. The number of methoxy groups -OCH3 is 1. The highest BCUT2D eigenvalue weighted by Gasteiger charge is 2.08. The van der Waals surface area contributed by atoms with E-state index in [9.17, 15) is 0 Å². The van der Waals surface area contributed by atoms with E-state index in [0.717, 1.165) is 33.8 Å². The molecule has 0 radical (unpaired) electrons. The summed E-state index contributed by atoms with van der Waals surface area (Å²) in [5.41, 5.74) is 1.13. The van der Waals surface area contributed by atoms with Crippen LogP contribution in [0.2, 0.25) is 0 Å². The lowest BCUT2D eigenvalue weighted by Gasteiger charge is -2.14. The van der Waals surface area contributed by atoms with Gasteiger partial charge in [0.15, 0.2) is 0 Å². The third-order valence-corrected chi connectivity index (χ3v) is 3.65. The molecule has 0 heterocycles. The van der Waals surface area contributed by atoms with Crippen molar-refractivity contribution in [1.29, 1.82) is 0 Å². The van der Waals surface area contributed by atoms with Gasteiger partial charge in [0.1, 0.15) is 17.2 Å². The largest absolute Gasteiger partial charge is 0.497 e. The molecule has 0 aliphatic carbocycles. The number of hydrogen-bond acceptors (Lipinski definition) is 3. The average Bonchev–Trinajstić information content (AvgIpc) is 2.48. The Bertz CT molecular complexity index is 599. The van der Waals surface area contributed by atoms with Crippen LogP contribution in [0, 0.1) is 0 Å². The van der Waals surface area contributed by atoms with Crippen LogP contribution in [0.3, 0.4) is 0 Å². The Morgan fingerprint density at radius 2 is 1.86 bits per heavy atom. The predicted molar refractivity (Wildman–Crippen MR) is 89.2 cm³/mol. The fourth-order valence-electron chi connectivity index (χ4n) is 1.87. The summed E-state index contributed by atoms with van der Waals surface area (Å²) in [5, 5.41) is 3.41. The lowest BCUT2D eigenvalue weighted by Crippen LogP contribution is -2.22. The van der Waals surface area contributed by atoms with Crippen LogP contribution in [0.15, 0.2) is 46.9 Å². The summed E-state index contributed by atoms with van der Waals surface area (Å²) in [6.07, 6.45) is 0. The van der Waals surface area contributed by atoms with Crippen molar-refractivity contribution in [3.8, 4) is 17.2 Å². The Hall–Kier alpha value is -1.52. The van der Waals surface area contributed by atoms with Gasteiger partial charge in [-0.05, 0) is 40.2 Å². The molecule has 0 bridgehead atoms. The van der Waals surface area contributed by atoms with Gasteiger partial charge in [0.2, 0.25) is 0 Å². The SMILES string of the molecule is COc1ccc(Oc2ccccc2CNC(C)C)c(Br)c1. The summed E-state index contributed by atoms with van der Waals surface area (Å²) in [6, 6.07) is 14.2. The summed E-state index contributed by atoms with van der Waals surface area (Å²) < 4.78 is 12.1. The van der Waals surface area contributed by atoms with E-state index in [0.29, 0.717) is 6.04 Å². The Morgan fingerprint density at radius 3 is 2.52 bits per heavy atom. The smallest absolute Gasteiger partial charge is 0.141 e. The topological polar surface area (TPSA) is 30.5 Å². The summed E-state index contributed by atoms with van der Waals surface area (Å²) in [6.45, 7) is 5.04. The monoisotopic (exact) mass is 349 g/mol. The Kier molecular flexibility index (Phi) is 5.65. The molecule has 0 amide bonds. The van der Waals surface area contributed by atoms with Crippen molar-refractivity contribution in [3.05, 3.63) is 52.5 Å². The molecule has 0 saturated carbocycles. The van der Waals surface area contributed by atoms with Crippen LogP contribution in [-0.2, 0) is 6.54 Å². The predicted octanol–water partition coefficient (Wildman–Crippen LogP) is 4.75. The van der Waals surface area contributed by atoms with Gasteiger partial charge in [0.25, 0.3) is 0 Å². The number of halogens is 1. The number of rotatable bonds is 6. The van der Waals surface area contributed by atoms with Crippen LogP contribution in [-0.4, -0.2) is 13.2 Å². The first-order valence-electron chi connectivity index (χ1n) is 6.93. The van der Waals surface area contributed by atoms with E-state index >= 15 is 0 Å². The second-order valence-corrected chi connectivity index (χ2v) is 5.90. The van der Waals surface area contributed by atoms with E-state index in [-0.39, 0.29) is 0 Å². The van der Waals surface area contributed by atoms with Crippen molar-refractivity contribution in [3.63, 3.8) is 0 Å². The highest BCUT2D eigenvalue weighted by atomic mass is 79.9. The molecule has 21 heavy (non-hydrogen) atoms. The zero-order valence-electron chi connectivity index (χ0n) is 12.5. The van der Waals surface area contributed by atoms with Crippen LogP contribution in [0.25, 0.3) is 0 Å². The molecule has 0 aliphatic rings. The van der Waals surface area contributed by atoms with E-state index in [1.807, 2.05) is 36.4 Å². The maximum Gasteiger partial charge on any atom is 0.141 e. The van der Waals surface area contributed by atoms with Crippen molar-refractivity contribution < 1.29 is 9.47 Å². The summed E-state index contributed by atoms with van der Waals surface area (Å²) >= 11 is 3.51. The minimum atomic E-state index is 0.436. The quantitative estimate of drug-likeness (QED) is 0.816. The molecule has 112 valence electrons. The Morgan fingerprint density at radius 1 is 1.10 bits per heavy atom. The van der Waals surface area contributed by atoms with Crippen LogP contribution in [0.4, 0.5) is 0 Å². The van der Waals surface area contributed by atoms with Gasteiger partial charge in [-0.15, -0.1) is 0 Å². The van der Waals surface area contributed by atoms with Gasteiger partial charge < -0.3 is 14.8 Å². The Labute approximate surface area is 134 Å². The lowest BCUT2D eigenvalue weighted by atomic mass is 10.2. The summed E-state index contributed by atoms with van der Waals surface area (Å²) in [5.74, 6) is 2.42. The van der Waals surface area contributed by atoms with Crippen LogP contribution in [0.5, 0.6) is 17.2 Å². The molecule has 1 N–H and O–H groups in total. The average molecular weight is 350 g/mol.